The standard InChI is InChI=1S/C10H12ClF2NO/c11-7-5-8(12)10(15)6(9(7)13)3-1-2-4-14/h5,15H,1-4,14H2. The van der Waals surface area contributed by atoms with Crippen LogP contribution in [0.3, 0.4) is 0 Å². The summed E-state index contributed by atoms with van der Waals surface area (Å²) in [6.45, 7) is 0.478. The van der Waals surface area contributed by atoms with Gasteiger partial charge in [-0.15, -0.1) is 0 Å². The van der Waals surface area contributed by atoms with Gasteiger partial charge in [0.25, 0.3) is 0 Å². The molecule has 5 heteroatoms. The fourth-order valence-corrected chi connectivity index (χ4v) is 1.52. The Labute approximate surface area is 91.7 Å². The second-order valence-corrected chi connectivity index (χ2v) is 3.63. The molecule has 0 bridgehead atoms. The molecule has 3 N–H and O–H groups in total. The number of nitrogens with two attached hydrogens (primary N) is 1. The smallest absolute Gasteiger partial charge is 0.166 e. The minimum absolute atomic E-state index is 0.0755. The number of aromatic hydroxyl groups is 1. The van der Waals surface area contributed by atoms with Crippen LogP contribution in [-0.2, 0) is 6.42 Å². The van der Waals surface area contributed by atoms with Crippen molar-refractivity contribution >= 4 is 11.6 Å². The molecule has 1 aromatic carbocycles. The van der Waals surface area contributed by atoms with E-state index in [0.29, 0.717) is 19.4 Å². The highest BCUT2D eigenvalue weighted by Gasteiger charge is 2.16. The van der Waals surface area contributed by atoms with Crippen molar-refractivity contribution < 1.29 is 13.9 Å². The van der Waals surface area contributed by atoms with Gasteiger partial charge in [-0.2, -0.15) is 0 Å². The molecule has 0 amide bonds. The first-order chi connectivity index (χ1) is 7.07. The highest BCUT2D eigenvalue weighted by atomic mass is 35.5. The first-order valence-corrected chi connectivity index (χ1v) is 5.01. The van der Waals surface area contributed by atoms with Crippen LogP contribution in [0.25, 0.3) is 0 Å². The lowest BCUT2D eigenvalue weighted by Gasteiger charge is -2.08. The zero-order chi connectivity index (χ0) is 11.4. The van der Waals surface area contributed by atoms with Crippen LogP contribution in [0.5, 0.6) is 5.75 Å². The summed E-state index contributed by atoms with van der Waals surface area (Å²) in [5.74, 6) is -2.31. The van der Waals surface area contributed by atoms with Crippen LogP contribution >= 0.6 is 11.6 Å². The van der Waals surface area contributed by atoms with Crippen molar-refractivity contribution in [2.24, 2.45) is 5.73 Å². The maximum absolute atomic E-state index is 13.4. The van der Waals surface area contributed by atoms with Crippen LogP contribution in [0.2, 0.25) is 5.02 Å². The van der Waals surface area contributed by atoms with Crippen molar-refractivity contribution in [3.63, 3.8) is 0 Å². The van der Waals surface area contributed by atoms with Crippen molar-refractivity contribution in [3.8, 4) is 5.75 Å². The molecule has 1 rings (SSSR count). The van der Waals surface area contributed by atoms with Crippen molar-refractivity contribution in [1.29, 1.82) is 0 Å². The highest BCUT2D eigenvalue weighted by molar-refractivity contribution is 6.30. The predicted molar refractivity (Wildman–Crippen MR) is 55.0 cm³/mol. The van der Waals surface area contributed by atoms with Gasteiger partial charge in [0.15, 0.2) is 11.6 Å². The molecule has 0 fully saturated rings. The predicted octanol–water partition coefficient (Wildman–Crippen LogP) is 2.61. The topological polar surface area (TPSA) is 46.2 Å². The third kappa shape index (κ3) is 2.79. The fraction of sp³-hybridized carbons (Fsp3) is 0.400. The number of phenolic OH excluding ortho intramolecular Hbond substituents is 1. The van der Waals surface area contributed by atoms with Crippen molar-refractivity contribution in [3.05, 3.63) is 28.3 Å². The minimum atomic E-state index is -0.899. The van der Waals surface area contributed by atoms with E-state index in [4.69, 9.17) is 17.3 Å². The van der Waals surface area contributed by atoms with Gasteiger partial charge in [0.05, 0.1) is 5.02 Å². The van der Waals surface area contributed by atoms with E-state index < -0.39 is 17.4 Å². The Morgan fingerprint density at radius 1 is 1.33 bits per heavy atom. The van der Waals surface area contributed by atoms with Crippen LogP contribution in [0.15, 0.2) is 6.07 Å². The Morgan fingerprint density at radius 3 is 2.60 bits per heavy atom. The molecule has 84 valence electrons. The Kier molecular flexibility index (Phi) is 4.29. The molecular formula is C10H12ClF2NO. The van der Waals surface area contributed by atoms with E-state index in [1.165, 1.54) is 0 Å². The number of hydrogen-bond acceptors (Lipinski definition) is 2. The SMILES string of the molecule is NCCCCc1c(O)c(F)cc(Cl)c1F. The van der Waals surface area contributed by atoms with Crippen LogP contribution in [0.4, 0.5) is 8.78 Å². The lowest BCUT2D eigenvalue weighted by Crippen LogP contribution is -2.01. The van der Waals surface area contributed by atoms with Gasteiger partial charge in [0.1, 0.15) is 5.82 Å². The lowest BCUT2D eigenvalue weighted by atomic mass is 10.1. The largest absolute Gasteiger partial charge is 0.505 e. The molecule has 0 aliphatic heterocycles. The summed E-state index contributed by atoms with van der Waals surface area (Å²) < 4.78 is 26.4. The molecule has 0 aliphatic rings. The van der Waals surface area contributed by atoms with Gasteiger partial charge in [-0.3, -0.25) is 0 Å². The maximum Gasteiger partial charge on any atom is 0.166 e. The molecule has 0 aliphatic carbocycles. The number of rotatable bonds is 4. The monoisotopic (exact) mass is 235 g/mol. The van der Waals surface area contributed by atoms with Gasteiger partial charge in [0, 0.05) is 5.56 Å². The van der Waals surface area contributed by atoms with Gasteiger partial charge >= 0.3 is 0 Å². The van der Waals surface area contributed by atoms with E-state index in [2.05, 4.69) is 0 Å². The molecule has 2 nitrogen and oxygen atoms in total. The Hall–Kier alpha value is -0.870. The van der Waals surface area contributed by atoms with Gasteiger partial charge in [-0.05, 0) is 31.9 Å². The average molecular weight is 236 g/mol. The third-order valence-electron chi connectivity index (χ3n) is 2.12. The molecular weight excluding hydrogens is 224 g/mol. The average Bonchev–Trinajstić information content (AvgIpc) is 2.20. The van der Waals surface area contributed by atoms with Gasteiger partial charge in [-0.1, -0.05) is 11.6 Å². The molecule has 0 spiro atoms. The van der Waals surface area contributed by atoms with E-state index in [-0.39, 0.29) is 17.0 Å². The molecule has 0 radical (unpaired) electrons. The highest BCUT2D eigenvalue weighted by Crippen LogP contribution is 2.30. The van der Waals surface area contributed by atoms with E-state index in [9.17, 15) is 13.9 Å². The summed E-state index contributed by atoms with van der Waals surface area (Å²) in [7, 11) is 0. The minimum Gasteiger partial charge on any atom is -0.505 e. The van der Waals surface area contributed by atoms with Gasteiger partial charge in [-0.25, -0.2) is 8.78 Å². The van der Waals surface area contributed by atoms with E-state index >= 15 is 0 Å². The second kappa shape index (κ2) is 5.28. The normalized spacial score (nSPS) is 10.7. The first kappa shape index (κ1) is 12.2. The molecule has 0 saturated carbocycles. The fourth-order valence-electron chi connectivity index (χ4n) is 1.31. The Morgan fingerprint density at radius 2 is 2.00 bits per heavy atom. The summed E-state index contributed by atoms with van der Waals surface area (Å²) in [4.78, 5) is 0. The third-order valence-corrected chi connectivity index (χ3v) is 2.40. The summed E-state index contributed by atoms with van der Waals surface area (Å²) in [5, 5.41) is 8.99. The number of unbranched alkanes of at least 4 members (excludes halogenated alkanes) is 1. The number of halogens is 3. The van der Waals surface area contributed by atoms with Gasteiger partial charge in [0.2, 0.25) is 0 Å². The maximum atomic E-state index is 13.4. The Bertz CT molecular complexity index is 332. The zero-order valence-corrected chi connectivity index (χ0v) is 8.82. The van der Waals surface area contributed by atoms with Crippen LogP contribution in [-0.4, -0.2) is 11.7 Å². The van der Waals surface area contributed by atoms with E-state index in [1.54, 1.807) is 0 Å². The van der Waals surface area contributed by atoms with Crippen LogP contribution in [0.1, 0.15) is 18.4 Å². The van der Waals surface area contributed by atoms with Crippen LogP contribution < -0.4 is 5.73 Å². The number of hydrogen-bond donors (Lipinski definition) is 2. The molecule has 0 unspecified atom stereocenters. The van der Waals surface area contributed by atoms with Gasteiger partial charge < -0.3 is 10.8 Å². The molecule has 15 heavy (non-hydrogen) atoms. The van der Waals surface area contributed by atoms with E-state index in [0.717, 1.165) is 6.07 Å². The second-order valence-electron chi connectivity index (χ2n) is 3.23. The summed E-state index contributed by atoms with van der Waals surface area (Å²) in [5.41, 5.74) is 5.20. The van der Waals surface area contributed by atoms with Crippen molar-refractivity contribution in [1.82, 2.24) is 0 Å². The molecule has 0 aromatic heterocycles. The number of phenols is 1. The summed E-state index contributed by atoms with van der Waals surface area (Å²) in [6, 6.07) is 0.763. The first-order valence-electron chi connectivity index (χ1n) is 4.63. The van der Waals surface area contributed by atoms with E-state index in [1.807, 2.05) is 0 Å². The van der Waals surface area contributed by atoms with Crippen LogP contribution in [0, 0.1) is 11.6 Å². The van der Waals surface area contributed by atoms with Crippen molar-refractivity contribution in [2.75, 3.05) is 6.54 Å². The molecule has 0 atom stereocenters. The zero-order valence-electron chi connectivity index (χ0n) is 8.06. The molecule has 0 saturated heterocycles. The molecule has 0 heterocycles. The lowest BCUT2D eigenvalue weighted by molar-refractivity contribution is 0.416. The number of benzene rings is 1. The summed E-state index contributed by atoms with van der Waals surface area (Å²) >= 11 is 5.45. The quantitative estimate of drug-likeness (QED) is 0.623. The Balaban J connectivity index is 2.94. The molecule has 1 aromatic rings. The summed E-state index contributed by atoms with van der Waals surface area (Å²) in [6.07, 6.45) is 1.50. The van der Waals surface area contributed by atoms with Crippen molar-refractivity contribution in [2.45, 2.75) is 19.3 Å².